The van der Waals surface area contributed by atoms with Crippen LogP contribution >= 0.6 is 0 Å². The van der Waals surface area contributed by atoms with E-state index in [0.717, 1.165) is 5.56 Å². The minimum Gasteiger partial charge on any atom is -0.295 e. The van der Waals surface area contributed by atoms with Gasteiger partial charge in [0.15, 0.2) is 5.78 Å². The zero-order valence-electron chi connectivity index (χ0n) is 14.4. The molecular weight excluding hydrogens is 292 g/mol. The number of rotatable bonds is 4. The topological polar surface area (TPSA) is 17.1 Å². The lowest BCUT2D eigenvalue weighted by atomic mass is 9.70. The van der Waals surface area contributed by atoms with Gasteiger partial charge in [0.05, 0.1) is 0 Å². The van der Waals surface area contributed by atoms with Gasteiger partial charge in [0.1, 0.15) is 0 Å². The molecular formula is C23H22O. The summed E-state index contributed by atoms with van der Waals surface area (Å²) in [7, 11) is 0. The molecule has 0 heterocycles. The third-order valence-corrected chi connectivity index (χ3v) is 4.82. The first-order valence-electron chi connectivity index (χ1n) is 8.26. The van der Waals surface area contributed by atoms with E-state index in [0.29, 0.717) is 0 Å². The molecule has 24 heavy (non-hydrogen) atoms. The van der Waals surface area contributed by atoms with Crippen LogP contribution in [0.4, 0.5) is 0 Å². The summed E-state index contributed by atoms with van der Waals surface area (Å²) in [6.45, 7) is 5.97. The van der Waals surface area contributed by atoms with Crippen LogP contribution in [0.2, 0.25) is 0 Å². The molecule has 0 aromatic heterocycles. The summed E-state index contributed by atoms with van der Waals surface area (Å²) in [5.74, 6) is 0.0959. The largest absolute Gasteiger partial charge is 0.295 e. The fourth-order valence-corrected chi connectivity index (χ4v) is 3.27. The Morgan fingerprint density at radius 1 is 0.750 bits per heavy atom. The molecule has 0 radical (unpaired) electrons. The Morgan fingerprint density at radius 2 is 1.33 bits per heavy atom. The number of aryl methyl sites for hydroxylation is 1. The second-order valence-electron chi connectivity index (χ2n) is 6.49. The predicted molar refractivity (Wildman–Crippen MR) is 99.6 cm³/mol. The number of benzene rings is 3. The van der Waals surface area contributed by atoms with E-state index in [9.17, 15) is 4.79 Å². The fourth-order valence-electron chi connectivity index (χ4n) is 3.27. The quantitative estimate of drug-likeness (QED) is 0.455. The van der Waals surface area contributed by atoms with Gasteiger partial charge in [-0.2, -0.15) is 0 Å². The van der Waals surface area contributed by atoms with E-state index in [2.05, 4.69) is 74.5 Å². The molecule has 1 heteroatoms. The molecule has 0 bridgehead atoms. The monoisotopic (exact) mass is 314 g/mol. The van der Waals surface area contributed by atoms with Gasteiger partial charge >= 0.3 is 0 Å². The molecule has 1 unspecified atom stereocenters. The summed E-state index contributed by atoms with van der Waals surface area (Å²) >= 11 is 0. The van der Waals surface area contributed by atoms with E-state index in [4.69, 9.17) is 0 Å². The van der Waals surface area contributed by atoms with Crippen molar-refractivity contribution >= 4 is 5.78 Å². The van der Waals surface area contributed by atoms with Crippen LogP contribution < -0.4 is 0 Å². The number of carbonyl (C=O) groups excluding carboxylic acids is 1. The van der Waals surface area contributed by atoms with Gasteiger partial charge in [-0.1, -0.05) is 84.4 Å². The summed E-state index contributed by atoms with van der Waals surface area (Å²) in [6.07, 6.45) is 0. The average molecular weight is 314 g/mol. The highest BCUT2D eigenvalue weighted by Crippen LogP contribution is 2.39. The van der Waals surface area contributed by atoms with E-state index in [1.165, 1.54) is 22.3 Å². The summed E-state index contributed by atoms with van der Waals surface area (Å²) < 4.78 is 0. The lowest BCUT2D eigenvalue weighted by Gasteiger charge is -2.32. The van der Waals surface area contributed by atoms with Crippen LogP contribution in [0.15, 0.2) is 78.9 Å². The van der Waals surface area contributed by atoms with Crippen LogP contribution in [-0.2, 0) is 5.41 Å². The number of hydrogen-bond donors (Lipinski definition) is 0. The Morgan fingerprint density at radius 3 is 1.92 bits per heavy atom. The Hall–Kier alpha value is -2.67. The first kappa shape index (κ1) is 16.2. The number of carbonyl (C=O) groups is 1. The normalized spacial score (nSPS) is 13.3. The molecule has 1 atom stereocenters. The van der Waals surface area contributed by atoms with Crippen molar-refractivity contribution in [1.29, 1.82) is 0 Å². The van der Waals surface area contributed by atoms with Gasteiger partial charge in [-0.15, -0.1) is 0 Å². The van der Waals surface area contributed by atoms with E-state index in [1.54, 1.807) is 6.92 Å². The van der Waals surface area contributed by atoms with Crippen molar-refractivity contribution in [1.82, 2.24) is 0 Å². The van der Waals surface area contributed by atoms with Crippen LogP contribution in [0, 0.1) is 6.92 Å². The lowest BCUT2D eigenvalue weighted by molar-refractivity contribution is 0.101. The van der Waals surface area contributed by atoms with E-state index in [-0.39, 0.29) is 11.2 Å². The van der Waals surface area contributed by atoms with Crippen molar-refractivity contribution < 1.29 is 4.79 Å². The molecule has 0 aliphatic rings. The Bertz CT molecular complexity index is 847. The molecule has 0 aliphatic heterocycles. The molecule has 0 fully saturated rings. The third-order valence-electron chi connectivity index (χ3n) is 4.82. The summed E-state index contributed by atoms with van der Waals surface area (Å²) in [4.78, 5) is 11.6. The van der Waals surface area contributed by atoms with Crippen LogP contribution in [0.1, 0.15) is 46.5 Å². The molecule has 3 aromatic carbocycles. The van der Waals surface area contributed by atoms with Crippen molar-refractivity contribution in [2.24, 2.45) is 0 Å². The first-order chi connectivity index (χ1) is 11.5. The summed E-state index contributed by atoms with van der Waals surface area (Å²) in [5.41, 5.74) is 5.41. The lowest BCUT2D eigenvalue weighted by Crippen LogP contribution is -2.25. The zero-order chi connectivity index (χ0) is 17.2. The number of ketones is 1. The molecule has 0 aliphatic carbocycles. The second kappa shape index (κ2) is 6.45. The molecule has 120 valence electrons. The van der Waals surface area contributed by atoms with Crippen LogP contribution in [0.25, 0.3) is 0 Å². The smallest absolute Gasteiger partial charge is 0.159 e. The molecule has 0 spiro atoms. The Kier molecular flexibility index (Phi) is 4.35. The van der Waals surface area contributed by atoms with Crippen LogP contribution in [0.5, 0.6) is 0 Å². The van der Waals surface area contributed by atoms with Gasteiger partial charge in [-0.05, 0) is 37.5 Å². The summed E-state index contributed by atoms with van der Waals surface area (Å²) in [6, 6.07) is 27.2. The molecule has 1 nitrogen and oxygen atoms in total. The zero-order valence-corrected chi connectivity index (χ0v) is 14.4. The Balaban J connectivity index is 2.21. The van der Waals surface area contributed by atoms with Crippen molar-refractivity contribution in [2.45, 2.75) is 26.2 Å². The second-order valence-corrected chi connectivity index (χ2v) is 6.49. The Labute approximate surface area is 144 Å². The standard InChI is InChI=1S/C23H22O/c1-17-8-7-11-22(16-17)23(3,20-9-5-4-6-10-20)21-14-12-19(13-15-21)18(2)24/h4-16H,1-3H3. The number of hydrogen-bond acceptors (Lipinski definition) is 1. The molecule has 3 aromatic rings. The van der Waals surface area contributed by atoms with Gasteiger partial charge in [0, 0.05) is 11.0 Å². The minimum atomic E-state index is -0.261. The van der Waals surface area contributed by atoms with E-state index < -0.39 is 0 Å². The molecule has 3 rings (SSSR count). The SMILES string of the molecule is CC(=O)c1ccc(C(C)(c2ccccc2)c2cccc(C)c2)cc1. The fraction of sp³-hybridized carbons (Fsp3) is 0.174. The number of Topliss-reactive ketones (excluding diaryl/α,β-unsaturated/α-hetero) is 1. The van der Waals surface area contributed by atoms with Gasteiger partial charge in [0.25, 0.3) is 0 Å². The van der Waals surface area contributed by atoms with Crippen molar-refractivity contribution in [3.05, 3.63) is 107 Å². The first-order valence-corrected chi connectivity index (χ1v) is 8.26. The maximum absolute atomic E-state index is 11.6. The van der Waals surface area contributed by atoms with Gasteiger partial charge in [-0.25, -0.2) is 0 Å². The third kappa shape index (κ3) is 2.90. The van der Waals surface area contributed by atoms with Gasteiger partial charge in [0.2, 0.25) is 0 Å². The van der Waals surface area contributed by atoms with Crippen LogP contribution in [0.3, 0.4) is 0 Å². The van der Waals surface area contributed by atoms with Crippen LogP contribution in [-0.4, -0.2) is 5.78 Å². The molecule has 0 saturated heterocycles. The summed E-state index contributed by atoms with van der Waals surface area (Å²) in [5, 5.41) is 0. The van der Waals surface area contributed by atoms with Gasteiger partial charge < -0.3 is 0 Å². The highest BCUT2D eigenvalue weighted by molar-refractivity contribution is 5.94. The van der Waals surface area contributed by atoms with Crippen molar-refractivity contribution in [3.63, 3.8) is 0 Å². The van der Waals surface area contributed by atoms with Crippen molar-refractivity contribution in [3.8, 4) is 0 Å². The molecule has 0 amide bonds. The minimum absolute atomic E-state index is 0.0959. The maximum atomic E-state index is 11.6. The molecule has 0 N–H and O–H groups in total. The average Bonchev–Trinajstić information content (AvgIpc) is 2.62. The van der Waals surface area contributed by atoms with Crippen molar-refractivity contribution in [2.75, 3.05) is 0 Å². The van der Waals surface area contributed by atoms with Gasteiger partial charge in [-0.3, -0.25) is 4.79 Å². The highest BCUT2D eigenvalue weighted by atomic mass is 16.1. The van der Waals surface area contributed by atoms with E-state index >= 15 is 0 Å². The predicted octanol–water partition coefficient (Wildman–Crippen LogP) is 5.55. The maximum Gasteiger partial charge on any atom is 0.159 e. The molecule has 0 saturated carbocycles. The highest BCUT2D eigenvalue weighted by Gasteiger charge is 2.31. The van der Waals surface area contributed by atoms with E-state index in [1.807, 2.05) is 18.2 Å².